The van der Waals surface area contributed by atoms with Gasteiger partial charge in [-0.15, -0.1) is 0 Å². The fourth-order valence-electron chi connectivity index (χ4n) is 1.80. The number of hydroxylamine groups is 1. The zero-order valence-corrected chi connectivity index (χ0v) is 14.5. The van der Waals surface area contributed by atoms with Crippen LogP contribution < -0.4 is 10.7 Å². The maximum Gasteiger partial charge on any atom is 0.332 e. The van der Waals surface area contributed by atoms with Crippen molar-refractivity contribution in [1.29, 1.82) is 0 Å². The number of halogens is 2. The number of nitrogens with one attached hydrogen (secondary N) is 1. The molecular weight excluding hydrogens is 320 g/mol. The fourth-order valence-corrected chi connectivity index (χ4v) is 2.98. The predicted molar refractivity (Wildman–Crippen MR) is 87.1 cm³/mol. The number of carbonyl (C=O) groups excluding carboxylic acids is 2. The molecule has 0 aliphatic rings. The third kappa shape index (κ3) is 7.18. The molecular formula is C16H21F2NO3Si. The minimum Gasteiger partial charge on any atom is -0.341 e. The van der Waals surface area contributed by atoms with Gasteiger partial charge in [-0.2, -0.15) is 14.3 Å². The Bertz CT molecular complexity index is 593. The zero-order valence-electron chi connectivity index (χ0n) is 13.5. The summed E-state index contributed by atoms with van der Waals surface area (Å²) in [5.74, 6) is -1.17. The highest BCUT2D eigenvalue weighted by Gasteiger charge is 2.18. The number of hydrogen-bond donors (Lipinski definition) is 1. The van der Waals surface area contributed by atoms with Gasteiger partial charge in [0.2, 0.25) is 0 Å². The number of unbranched alkanes of at least 4 members (excludes halogenated alkanes) is 1. The van der Waals surface area contributed by atoms with Crippen molar-refractivity contribution < 1.29 is 23.2 Å². The van der Waals surface area contributed by atoms with Crippen LogP contribution in [-0.4, -0.2) is 20.0 Å². The van der Waals surface area contributed by atoms with Crippen molar-refractivity contribution in [3.63, 3.8) is 0 Å². The topological polar surface area (TPSA) is 55.4 Å². The minimum absolute atomic E-state index is 0.0427. The Kier molecular flexibility index (Phi) is 7.09. The molecule has 0 atom stereocenters. The Morgan fingerprint density at radius 1 is 1.26 bits per heavy atom. The number of hydrogen-bond acceptors (Lipinski definition) is 3. The molecule has 0 radical (unpaired) electrons. The second-order valence-electron chi connectivity index (χ2n) is 6.12. The van der Waals surface area contributed by atoms with Crippen LogP contribution in [0.5, 0.6) is 0 Å². The van der Waals surface area contributed by atoms with Gasteiger partial charge in [0.15, 0.2) is 0 Å². The highest BCUT2D eigenvalue weighted by molar-refractivity contribution is 6.88. The van der Waals surface area contributed by atoms with E-state index in [0.29, 0.717) is 5.56 Å². The SMILES string of the molecule is C[Si](C)(C)c1cccc(C(=O)NOC(=O)CCCC=C(F)F)c1. The van der Waals surface area contributed by atoms with Gasteiger partial charge < -0.3 is 4.84 Å². The van der Waals surface area contributed by atoms with E-state index in [4.69, 9.17) is 0 Å². The molecule has 1 N–H and O–H groups in total. The number of benzene rings is 1. The molecule has 4 nitrogen and oxygen atoms in total. The predicted octanol–water partition coefficient (Wildman–Crippen LogP) is 3.37. The van der Waals surface area contributed by atoms with Gasteiger partial charge >= 0.3 is 5.97 Å². The van der Waals surface area contributed by atoms with Gasteiger partial charge in [0, 0.05) is 12.0 Å². The molecule has 1 aromatic rings. The van der Waals surface area contributed by atoms with Gasteiger partial charge in [-0.1, -0.05) is 43.0 Å². The Labute approximate surface area is 135 Å². The Hall–Kier alpha value is -2.02. The molecule has 0 bridgehead atoms. The molecule has 0 spiro atoms. The third-order valence-corrected chi connectivity index (χ3v) is 5.18. The monoisotopic (exact) mass is 341 g/mol. The summed E-state index contributed by atoms with van der Waals surface area (Å²) in [6.07, 6.45) is -0.748. The molecule has 1 aromatic carbocycles. The lowest BCUT2D eigenvalue weighted by molar-refractivity contribution is -0.149. The van der Waals surface area contributed by atoms with Crippen molar-refractivity contribution in [3.05, 3.63) is 42.0 Å². The van der Waals surface area contributed by atoms with Crippen LogP contribution in [-0.2, 0) is 9.63 Å². The van der Waals surface area contributed by atoms with Crippen LogP contribution >= 0.6 is 0 Å². The van der Waals surface area contributed by atoms with Crippen molar-refractivity contribution in [2.24, 2.45) is 0 Å². The van der Waals surface area contributed by atoms with Gasteiger partial charge in [0.25, 0.3) is 12.0 Å². The fraction of sp³-hybridized carbons (Fsp3) is 0.375. The normalized spacial score (nSPS) is 10.8. The van der Waals surface area contributed by atoms with Crippen LogP contribution in [0.2, 0.25) is 19.6 Å². The van der Waals surface area contributed by atoms with Crippen LogP contribution in [0, 0.1) is 0 Å². The Balaban J connectivity index is 2.48. The Morgan fingerprint density at radius 2 is 1.96 bits per heavy atom. The average Bonchev–Trinajstić information content (AvgIpc) is 2.48. The van der Waals surface area contributed by atoms with Crippen LogP contribution in [0.15, 0.2) is 36.4 Å². The summed E-state index contributed by atoms with van der Waals surface area (Å²) in [4.78, 5) is 28.0. The lowest BCUT2D eigenvalue weighted by Crippen LogP contribution is -2.38. The molecule has 7 heteroatoms. The van der Waals surface area contributed by atoms with E-state index in [1.165, 1.54) is 0 Å². The molecule has 0 unspecified atom stereocenters. The highest BCUT2D eigenvalue weighted by atomic mass is 28.3. The van der Waals surface area contributed by atoms with Gasteiger partial charge in [-0.25, -0.2) is 4.79 Å². The van der Waals surface area contributed by atoms with E-state index < -0.39 is 26.0 Å². The van der Waals surface area contributed by atoms with E-state index in [0.717, 1.165) is 11.3 Å². The van der Waals surface area contributed by atoms with E-state index in [-0.39, 0.29) is 19.3 Å². The number of allylic oxidation sites excluding steroid dienone is 1. The average molecular weight is 341 g/mol. The number of carbonyl (C=O) groups is 2. The van der Waals surface area contributed by atoms with E-state index in [2.05, 4.69) is 30.0 Å². The summed E-state index contributed by atoms with van der Waals surface area (Å²) >= 11 is 0. The smallest absolute Gasteiger partial charge is 0.332 e. The van der Waals surface area contributed by atoms with Crippen LogP contribution in [0.25, 0.3) is 0 Å². The van der Waals surface area contributed by atoms with E-state index in [1.807, 2.05) is 6.07 Å². The van der Waals surface area contributed by atoms with E-state index >= 15 is 0 Å². The van der Waals surface area contributed by atoms with Crippen LogP contribution in [0.3, 0.4) is 0 Å². The lowest BCUT2D eigenvalue weighted by atomic mass is 10.2. The molecule has 0 heterocycles. The summed E-state index contributed by atoms with van der Waals surface area (Å²) in [6.45, 7) is 6.50. The molecule has 0 fully saturated rings. The minimum atomic E-state index is -1.77. The molecule has 1 rings (SSSR count). The molecule has 0 saturated heterocycles. The molecule has 0 aromatic heterocycles. The number of rotatable bonds is 6. The first kappa shape index (κ1) is 19.0. The third-order valence-electron chi connectivity index (χ3n) is 3.13. The number of amides is 1. The summed E-state index contributed by atoms with van der Waals surface area (Å²) in [5, 5.41) is 1.12. The first-order valence-corrected chi connectivity index (χ1v) is 10.8. The largest absolute Gasteiger partial charge is 0.341 e. The van der Waals surface area contributed by atoms with Gasteiger partial charge in [-0.3, -0.25) is 4.79 Å². The maximum atomic E-state index is 12.0. The van der Waals surface area contributed by atoms with Gasteiger partial charge in [-0.05, 0) is 25.0 Å². The van der Waals surface area contributed by atoms with Crippen molar-refractivity contribution >= 4 is 25.1 Å². The van der Waals surface area contributed by atoms with E-state index in [9.17, 15) is 18.4 Å². The summed E-state index contributed by atoms with van der Waals surface area (Å²) in [5.41, 5.74) is 2.51. The van der Waals surface area contributed by atoms with Gasteiger partial charge in [0.1, 0.15) is 0 Å². The standard InChI is InChI=1S/C16H21F2NO3Si/c1-23(2,3)13-8-6-7-12(11-13)16(21)19-22-15(20)10-5-4-9-14(17)18/h6-9,11H,4-5,10H2,1-3H3,(H,19,21). The first-order valence-electron chi connectivity index (χ1n) is 7.32. The van der Waals surface area contributed by atoms with Crippen molar-refractivity contribution in [2.45, 2.75) is 38.9 Å². The second-order valence-corrected chi connectivity index (χ2v) is 11.2. The Morgan fingerprint density at radius 3 is 2.57 bits per heavy atom. The quantitative estimate of drug-likeness (QED) is 0.490. The molecule has 126 valence electrons. The summed E-state index contributed by atoms with van der Waals surface area (Å²) in [7, 11) is -1.54. The highest BCUT2D eigenvalue weighted by Crippen LogP contribution is 2.06. The first-order chi connectivity index (χ1) is 10.7. The summed E-state index contributed by atoms with van der Waals surface area (Å²) < 4.78 is 23.6. The van der Waals surface area contributed by atoms with Gasteiger partial charge in [0.05, 0.1) is 8.07 Å². The van der Waals surface area contributed by atoms with Crippen molar-refractivity contribution in [2.75, 3.05) is 0 Å². The molecule has 0 saturated carbocycles. The molecule has 1 amide bonds. The maximum absolute atomic E-state index is 12.0. The van der Waals surface area contributed by atoms with Crippen LogP contribution in [0.4, 0.5) is 8.78 Å². The van der Waals surface area contributed by atoms with Crippen LogP contribution in [0.1, 0.15) is 29.6 Å². The van der Waals surface area contributed by atoms with Crippen molar-refractivity contribution in [1.82, 2.24) is 5.48 Å². The zero-order chi connectivity index (χ0) is 17.5. The van der Waals surface area contributed by atoms with E-state index in [1.54, 1.807) is 18.2 Å². The molecule has 0 aliphatic heterocycles. The van der Waals surface area contributed by atoms with Crippen molar-refractivity contribution in [3.8, 4) is 0 Å². The summed E-state index contributed by atoms with van der Waals surface area (Å²) in [6, 6.07) is 7.21. The second kappa shape index (κ2) is 8.57. The molecule has 23 heavy (non-hydrogen) atoms. The lowest BCUT2D eigenvalue weighted by Gasteiger charge is -2.17. The molecule has 0 aliphatic carbocycles.